The lowest BCUT2D eigenvalue weighted by Gasteiger charge is -2.11. The maximum absolute atomic E-state index is 12.6. The summed E-state index contributed by atoms with van der Waals surface area (Å²) in [6, 6.07) is 9.12. The number of furan rings is 1. The molecule has 1 atom stereocenters. The van der Waals surface area contributed by atoms with Crippen LogP contribution in [-0.4, -0.2) is 29.8 Å². The zero-order valence-corrected chi connectivity index (χ0v) is 16.2. The number of hydrogen-bond acceptors (Lipinski definition) is 5. The van der Waals surface area contributed by atoms with Crippen LogP contribution in [0.2, 0.25) is 0 Å². The minimum atomic E-state index is -0.589. The number of rotatable bonds is 6. The first-order chi connectivity index (χ1) is 13.3. The van der Waals surface area contributed by atoms with Crippen molar-refractivity contribution in [3.05, 3.63) is 58.6 Å². The number of carbonyl (C=O) groups is 3. The van der Waals surface area contributed by atoms with Crippen LogP contribution >= 0.6 is 0 Å². The number of methoxy groups -OCH3 is 1. The molecule has 0 aliphatic heterocycles. The Hall–Kier alpha value is -3.35. The van der Waals surface area contributed by atoms with Gasteiger partial charge in [0, 0.05) is 18.0 Å². The third kappa shape index (κ3) is 3.69. The number of nitrogens with one attached hydrogen (secondary N) is 2. The maximum Gasteiger partial charge on any atom is 0.339 e. The highest BCUT2D eigenvalue weighted by atomic mass is 16.5. The van der Waals surface area contributed by atoms with Crippen molar-refractivity contribution < 1.29 is 23.5 Å². The van der Waals surface area contributed by atoms with Crippen LogP contribution in [0.25, 0.3) is 11.0 Å². The Morgan fingerprint density at radius 1 is 1.25 bits per heavy atom. The Morgan fingerprint density at radius 2 is 1.96 bits per heavy atom. The lowest BCUT2D eigenvalue weighted by molar-refractivity contribution is -0.121. The molecule has 1 aromatic carbocycles. The van der Waals surface area contributed by atoms with Crippen molar-refractivity contribution in [3.63, 3.8) is 0 Å². The number of amides is 1. The van der Waals surface area contributed by atoms with E-state index in [0.29, 0.717) is 22.7 Å². The van der Waals surface area contributed by atoms with E-state index >= 15 is 0 Å². The molecule has 7 nitrogen and oxygen atoms in total. The largest absolute Gasteiger partial charge is 0.465 e. The van der Waals surface area contributed by atoms with Gasteiger partial charge in [0.25, 0.3) is 0 Å². The number of hydrogen-bond donors (Lipinski definition) is 2. The van der Waals surface area contributed by atoms with Crippen molar-refractivity contribution in [2.24, 2.45) is 0 Å². The second-order valence-electron chi connectivity index (χ2n) is 6.68. The molecule has 0 aliphatic rings. The van der Waals surface area contributed by atoms with Gasteiger partial charge in [-0.25, -0.2) is 4.79 Å². The second-order valence-corrected chi connectivity index (χ2v) is 6.68. The Labute approximate surface area is 162 Å². The lowest BCUT2D eigenvalue weighted by Crippen LogP contribution is -2.28. The van der Waals surface area contributed by atoms with Crippen molar-refractivity contribution in [1.29, 1.82) is 0 Å². The first-order valence-electron chi connectivity index (χ1n) is 8.90. The van der Waals surface area contributed by atoms with Crippen molar-refractivity contribution in [2.75, 3.05) is 7.11 Å². The zero-order valence-electron chi connectivity index (χ0n) is 16.2. The van der Waals surface area contributed by atoms with Crippen LogP contribution < -0.4 is 5.32 Å². The molecule has 0 aliphatic carbocycles. The number of esters is 1. The van der Waals surface area contributed by atoms with Crippen LogP contribution in [0.5, 0.6) is 0 Å². The van der Waals surface area contributed by atoms with E-state index in [0.717, 1.165) is 11.0 Å². The van der Waals surface area contributed by atoms with Gasteiger partial charge in [-0.3, -0.25) is 9.59 Å². The van der Waals surface area contributed by atoms with Crippen molar-refractivity contribution in [2.45, 2.75) is 33.2 Å². The summed E-state index contributed by atoms with van der Waals surface area (Å²) in [4.78, 5) is 39.3. The summed E-state index contributed by atoms with van der Waals surface area (Å²) in [5, 5.41) is 3.81. The predicted octanol–water partition coefficient (Wildman–Crippen LogP) is 3.48. The van der Waals surface area contributed by atoms with E-state index in [2.05, 4.69) is 10.3 Å². The van der Waals surface area contributed by atoms with E-state index < -0.39 is 5.97 Å². The first kappa shape index (κ1) is 19.4. The molecule has 28 heavy (non-hydrogen) atoms. The van der Waals surface area contributed by atoms with Gasteiger partial charge in [-0.15, -0.1) is 0 Å². The smallest absolute Gasteiger partial charge is 0.339 e. The highest BCUT2D eigenvalue weighted by Crippen LogP contribution is 2.24. The average molecular weight is 382 g/mol. The number of Topliss-reactive ketones (excluding diaryl/α,β-unsaturated/α-hetero) is 1. The van der Waals surface area contributed by atoms with Crippen molar-refractivity contribution in [1.82, 2.24) is 10.3 Å². The minimum Gasteiger partial charge on any atom is -0.465 e. The molecule has 7 heteroatoms. The van der Waals surface area contributed by atoms with Crippen LogP contribution in [-0.2, 0) is 16.0 Å². The van der Waals surface area contributed by atoms with Gasteiger partial charge in [-0.05, 0) is 31.5 Å². The number of para-hydroxylation sites is 1. The van der Waals surface area contributed by atoms with Gasteiger partial charge in [0.2, 0.25) is 5.91 Å². The molecule has 0 saturated heterocycles. The van der Waals surface area contributed by atoms with E-state index in [1.807, 2.05) is 37.3 Å². The summed E-state index contributed by atoms with van der Waals surface area (Å²) in [5.74, 6) is -0.483. The Balaban J connectivity index is 1.79. The lowest BCUT2D eigenvalue weighted by atomic mass is 10.1. The molecule has 0 saturated carbocycles. The van der Waals surface area contributed by atoms with Crippen LogP contribution in [0.3, 0.4) is 0 Å². The van der Waals surface area contributed by atoms with Gasteiger partial charge in [0.05, 0.1) is 30.8 Å². The van der Waals surface area contributed by atoms with Crippen LogP contribution in [0.4, 0.5) is 0 Å². The quantitative estimate of drug-likeness (QED) is 0.502. The molecule has 3 rings (SSSR count). The topological polar surface area (TPSA) is 101 Å². The molecule has 0 bridgehead atoms. The van der Waals surface area contributed by atoms with Gasteiger partial charge >= 0.3 is 5.97 Å². The summed E-state index contributed by atoms with van der Waals surface area (Å²) in [7, 11) is 1.26. The van der Waals surface area contributed by atoms with Gasteiger partial charge < -0.3 is 19.5 Å². The van der Waals surface area contributed by atoms with Gasteiger partial charge in [-0.2, -0.15) is 0 Å². The molecule has 0 radical (unpaired) electrons. The molecule has 2 heterocycles. The van der Waals surface area contributed by atoms with Gasteiger partial charge in [0.1, 0.15) is 11.3 Å². The van der Waals surface area contributed by atoms with Gasteiger partial charge in [0.15, 0.2) is 5.78 Å². The van der Waals surface area contributed by atoms with E-state index in [1.54, 1.807) is 6.92 Å². The van der Waals surface area contributed by atoms with Crippen LogP contribution in [0.1, 0.15) is 57.8 Å². The maximum atomic E-state index is 12.6. The number of H-pyrrole nitrogens is 1. The number of benzene rings is 1. The van der Waals surface area contributed by atoms with E-state index in [-0.39, 0.29) is 29.7 Å². The number of aromatic nitrogens is 1. The standard InChI is InChI=1S/C21H22N2O5/c1-11-19(21(26)27-4)15(23-20(11)13(3)24)10-18(25)22-12(2)17-9-14-7-5-6-8-16(14)28-17/h5-9,12,23H,10H2,1-4H3,(H,22,25). The summed E-state index contributed by atoms with van der Waals surface area (Å²) in [6.07, 6.45) is -0.0941. The molecule has 0 spiro atoms. The normalized spacial score (nSPS) is 12.0. The number of ketones is 1. The fourth-order valence-corrected chi connectivity index (χ4v) is 3.26. The molecule has 3 aromatic rings. The van der Waals surface area contributed by atoms with E-state index in [4.69, 9.17) is 9.15 Å². The number of carbonyl (C=O) groups excluding carboxylic acids is 3. The first-order valence-corrected chi connectivity index (χ1v) is 8.90. The molecule has 0 fully saturated rings. The van der Waals surface area contributed by atoms with Crippen molar-refractivity contribution >= 4 is 28.6 Å². The molecule has 1 amide bonds. The highest BCUT2D eigenvalue weighted by Gasteiger charge is 2.25. The highest BCUT2D eigenvalue weighted by molar-refractivity contribution is 6.01. The summed E-state index contributed by atoms with van der Waals surface area (Å²) < 4.78 is 10.6. The zero-order chi connectivity index (χ0) is 20.4. The molecule has 1 unspecified atom stereocenters. The predicted molar refractivity (Wildman–Crippen MR) is 103 cm³/mol. The summed E-state index contributed by atoms with van der Waals surface area (Å²) in [5.41, 5.74) is 2.10. The van der Waals surface area contributed by atoms with Crippen LogP contribution in [0.15, 0.2) is 34.7 Å². The Kier molecular flexibility index (Phi) is 5.35. The second kappa shape index (κ2) is 7.72. The number of ether oxygens (including phenoxy) is 1. The monoisotopic (exact) mass is 382 g/mol. The Morgan fingerprint density at radius 3 is 2.61 bits per heavy atom. The fourth-order valence-electron chi connectivity index (χ4n) is 3.26. The number of fused-ring (bicyclic) bond motifs is 1. The Bertz CT molecular complexity index is 1030. The SMILES string of the molecule is COC(=O)c1c(CC(=O)NC(C)c2cc3ccccc3o2)[nH]c(C(C)=O)c1C. The third-order valence-electron chi connectivity index (χ3n) is 4.66. The molecular weight excluding hydrogens is 360 g/mol. The van der Waals surface area contributed by atoms with E-state index in [1.165, 1.54) is 14.0 Å². The van der Waals surface area contributed by atoms with E-state index in [9.17, 15) is 14.4 Å². The third-order valence-corrected chi connectivity index (χ3v) is 4.66. The summed E-state index contributed by atoms with van der Waals surface area (Å²) >= 11 is 0. The van der Waals surface area contributed by atoms with Crippen molar-refractivity contribution in [3.8, 4) is 0 Å². The summed E-state index contributed by atoms with van der Waals surface area (Å²) in [6.45, 7) is 4.86. The molecular formula is C21H22N2O5. The molecule has 146 valence electrons. The van der Waals surface area contributed by atoms with Crippen LogP contribution in [0, 0.1) is 6.92 Å². The molecule has 2 N–H and O–H groups in total. The fraction of sp³-hybridized carbons (Fsp3) is 0.286. The molecule has 2 aromatic heterocycles. The number of aromatic amines is 1. The minimum absolute atomic E-state index is 0.0941. The van der Waals surface area contributed by atoms with Gasteiger partial charge in [-0.1, -0.05) is 18.2 Å². The average Bonchev–Trinajstić information content (AvgIpc) is 3.22.